The van der Waals surface area contributed by atoms with Crippen LogP contribution < -0.4 is 4.74 Å². The van der Waals surface area contributed by atoms with Crippen LogP contribution in [-0.4, -0.2) is 29.1 Å². The van der Waals surface area contributed by atoms with Gasteiger partial charge in [0.25, 0.3) is 0 Å². The summed E-state index contributed by atoms with van der Waals surface area (Å²) in [4.78, 5) is 19.3. The van der Waals surface area contributed by atoms with Gasteiger partial charge in [0.1, 0.15) is 23.1 Å². The van der Waals surface area contributed by atoms with Crippen molar-refractivity contribution in [3.05, 3.63) is 109 Å². The molecule has 4 aromatic heterocycles. The molecule has 4 heterocycles. The molecule has 0 aliphatic heterocycles. The molecule has 8 rings (SSSR count). The molecule has 0 spiro atoms. The van der Waals surface area contributed by atoms with Crippen LogP contribution in [0.3, 0.4) is 0 Å². The number of nitrogens with zero attached hydrogens (tertiary/aromatic N) is 6. The van der Waals surface area contributed by atoms with Crippen LogP contribution in [0.2, 0.25) is 0 Å². The topological polar surface area (TPSA) is 70.7 Å². The van der Waals surface area contributed by atoms with Crippen LogP contribution in [0.1, 0.15) is 0 Å². The lowest BCUT2D eigenvalue weighted by atomic mass is 10.1. The van der Waals surface area contributed by atoms with Crippen molar-refractivity contribution in [3.63, 3.8) is 0 Å². The van der Waals surface area contributed by atoms with Crippen LogP contribution in [0.15, 0.2) is 109 Å². The zero-order valence-corrected chi connectivity index (χ0v) is 22.5. The van der Waals surface area contributed by atoms with Crippen molar-refractivity contribution in [1.82, 2.24) is 29.1 Å². The van der Waals surface area contributed by atoms with E-state index in [9.17, 15) is 0 Å². The van der Waals surface area contributed by atoms with Crippen LogP contribution >= 0.6 is 0 Å². The van der Waals surface area contributed by atoms with Crippen molar-refractivity contribution in [2.24, 2.45) is 14.1 Å². The SMILES string of the molecule is Cn1c(-c2cc(Oc3cc(-c4nc5ccccc5n4C)c4ncccc4c3)cc3cccnc23)nc2ccccc21. The highest BCUT2D eigenvalue weighted by Crippen LogP contribution is 2.38. The molecule has 4 aromatic carbocycles. The Bertz CT molecular complexity index is 2120. The monoisotopic (exact) mass is 532 g/mol. The Morgan fingerprint density at radius 1 is 0.537 bits per heavy atom. The minimum absolute atomic E-state index is 0.701. The third-order valence-corrected chi connectivity index (χ3v) is 7.65. The molecular formula is C34H24N6O. The van der Waals surface area contributed by atoms with Gasteiger partial charge in [0, 0.05) is 48.4 Å². The van der Waals surface area contributed by atoms with E-state index in [0.29, 0.717) is 11.5 Å². The molecule has 0 amide bonds. The predicted molar refractivity (Wildman–Crippen MR) is 163 cm³/mol. The quantitative estimate of drug-likeness (QED) is 0.232. The molecule has 0 saturated heterocycles. The largest absolute Gasteiger partial charge is 0.457 e. The smallest absolute Gasteiger partial charge is 0.143 e. The van der Waals surface area contributed by atoms with Gasteiger partial charge in [0.05, 0.1) is 33.1 Å². The van der Waals surface area contributed by atoms with E-state index in [-0.39, 0.29) is 0 Å². The van der Waals surface area contributed by atoms with Gasteiger partial charge in [0.2, 0.25) is 0 Å². The van der Waals surface area contributed by atoms with E-state index in [1.165, 1.54) is 0 Å². The molecule has 8 aromatic rings. The van der Waals surface area contributed by atoms with Gasteiger partial charge in [0.15, 0.2) is 0 Å². The fourth-order valence-corrected chi connectivity index (χ4v) is 5.70. The molecule has 196 valence electrons. The number of para-hydroxylation sites is 4. The summed E-state index contributed by atoms with van der Waals surface area (Å²) in [6.07, 6.45) is 3.63. The lowest BCUT2D eigenvalue weighted by Gasteiger charge is -2.13. The maximum absolute atomic E-state index is 6.62. The van der Waals surface area contributed by atoms with Gasteiger partial charge in [-0.25, -0.2) is 9.97 Å². The molecule has 0 bridgehead atoms. The Kier molecular flexibility index (Phi) is 5.12. The molecule has 0 fully saturated rings. The van der Waals surface area contributed by atoms with Crippen molar-refractivity contribution < 1.29 is 4.74 Å². The van der Waals surface area contributed by atoms with Gasteiger partial charge >= 0.3 is 0 Å². The van der Waals surface area contributed by atoms with Crippen LogP contribution in [-0.2, 0) is 14.1 Å². The molecule has 0 N–H and O–H groups in total. The fourth-order valence-electron chi connectivity index (χ4n) is 5.70. The fraction of sp³-hybridized carbons (Fsp3) is 0.0588. The number of aryl methyl sites for hydroxylation is 2. The van der Waals surface area contributed by atoms with Crippen molar-refractivity contribution in [1.29, 1.82) is 0 Å². The van der Waals surface area contributed by atoms with E-state index < -0.39 is 0 Å². The highest BCUT2D eigenvalue weighted by atomic mass is 16.5. The normalized spacial score (nSPS) is 11.7. The summed E-state index contributed by atoms with van der Waals surface area (Å²) in [5.74, 6) is 3.07. The van der Waals surface area contributed by atoms with Crippen molar-refractivity contribution >= 4 is 43.9 Å². The van der Waals surface area contributed by atoms with Gasteiger partial charge in [-0.2, -0.15) is 0 Å². The summed E-state index contributed by atoms with van der Waals surface area (Å²) in [5, 5.41) is 1.95. The number of aromatic nitrogens is 6. The summed E-state index contributed by atoms with van der Waals surface area (Å²) in [7, 11) is 4.07. The van der Waals surface area contributed by atoms with E-state index in [4.69, 9.17) is 24.7 Å². The standard InChI is InChI=1S/C34H24N6O/c1-39-29-13-5-3-11-27(29)37-33(39)25-19-23(17-21-9-7-15-35-31(21)25)41-24-18-22-10-8-16-36-32(22)26(20-24)34-38-28-12-4-6-14-30(28)40(34)2/h3-20H,1-2H3. The summed E-state index contributed by atoms with van der Waals surface area (Å²) in [5.41, 5.74) is 7.58. The first kappa shape index (κ1) is 23.3. The lowest BCUT2D eigenvalue weighted by Crippen LogP contribution is -1.97. The van der Waals surface area contributed by atoms with E-state index in [2.05, 4.69) is 33.4 Å². The minimum atomic E-state index is 0.701. The maximum Gasteiger partial charge on any atom is 0.143 e. The number of rotatable bonds is 4. The predicted octanol–water partition coefficient (Wildman–Crippen LogP) is 7.68. The zero-order valence-electron chi connectivity index (χ0n) is 22.5. The Labute approximate surface area is 235 Å². The van der Waals surface area contributed by atoms with Crippen molar-refractivity contribution in [2.45, 2.75) is 0 Å². The third kappa shape index (κ3) is 3.74. The van der Waals surface area contributed by atoms with E-state index >= 15 is 0 Å². The number of pyridine rings is 2. The van der Waals surface area contributed by atoms with Crippen LogP contribution in [0.25, 0.3) is 66.6 Å². The number of hydrogen-bond donors (Lipinski definition) is 0. The van der Waals surface area contributed by atoms with Gasteiger partial charge in [-0.1, -0.05) is 36.4 Å². The molecule has 0 saturated carbocycles. The molecule has 7 heteroatoms. The van der Waals surface area contributed by atoms with Crippen LogP contribution in [0.4, 0.5) is 0 Å². The van der Waals surface area contributed by atoms with Gasteiger partial charge < -0.3 is 13.9 Å². The minimum Gasteiger partial charge on any atom is -0.457 e. The second-order valence-corrected chi connectivity index (χ2v) is 10.2. The van der Waals surface area contributed by atoms with Crippen LogP contribution in [0, 0.1) is 0 Å². The van der Waals surface area contributed by atoms with Gasteiger partial charge in [-0.15, -0.1) is 0 Å². The highest BCUT2D eigenvalue weighted by molar-refractivity contribution is 5.97. The molecule has 0 aliphatic carbocycles. The Morgan fingerprint density at radius 2 is 1.00 bits per heavy atom. The van der Waals surface area contributed by atoms with E-state index in [0.717, 1.165) is 66.6 Å². The zero-order chi connectivity index (χ0) is 27.5. The van der Waals surface area contributed by atoms with E-state index in [1.54, 1.807) is 0 Å². The number of imidazole rings is 2. The molecule has 0 aliphatic rings. The summed E-state index contributed by atoms with van der Waals surface area (Å²) < 4.78 is 10.8. The number of hydrogen-bond acceptors (Lipinski definition) is 5. The molecule has 0 atom stereocenters. The summed E-state index contributed by atoms with van der Waals surface area (Å²) in [6, 6.07) is 32.4. The van der Waals surface area contributed by atoms with Crippen molar-refractivity contribution in [3.8, 4) is 34.3 Å². The first-order chi connectivity index (χ1) is 20.1. The Hall–Kier alpha value is -5.56. The van der Waals surface area contributed by atoms with Crippen molar-refractivity contribution in [2.75, 3.05) is 0 Å². The highest BCUT2D eigenvalue weighted by Gasteiger charge is 2.18. The molecule has 41 heavy (non-hydrogen) atoms. The Morgan fingerprint density at radius 3 is 1.46 bits per heavy atom. The molecular weight excluding hydrogens is 508 g/mol. The third-order valence-electron chi connectivity index (χ3n) is 7.65. The van der Waals surface area contributed by atoms with Gasteiger partial charge in [-0.3, -0.25) is 9.97 Å². The first-order valence-electron chi connectivity index (χ1n) is 13.4. The average Bonchev–Trinajstić information content (AvgIpc) is 3.53. The molecule has 7 nitrogen and oxygen atoms in total. The number of ether oxygens (including phenoxy) is 1. The van der Waals surface area contributed by atoms with Gasteiger partial charge in [-0.05, 0) is 60.7 Å². The summed E-state index contributed by atoms with van der Waals surface area (Å²) in [6.45, 7) is 0. The first-order valence-corrected chi connectivity index (χ1v) is 13.4. The second kappa shape index (κ2) is 8.99. The lowest BCUT2D eigenvalue weighted by molar-refractivity contribution is 0.484. The second-order valence-electron chi connectivity index (χ2n) is 10.2. The maximum atomic E-state index is 6.62. The average molecular weight is 533 g/mol. The molecule has 0 radical (unpaired) electrons. The number of fused-ring (bicyclic) bond motifs is 4. The molecule has 0 unspecified atom stereocenters. The Balaban J connectivity index is 1.30. The van der Waals surface area contributed by atoms with Crippen LogP contribution in [0.5, 0.6) is 11.5 Å². The summed E-state index contributed by atoms with van der Waals surface area (Å²) >= 11 is 0. The van der Waals surface area contributed by atoms with E-state index in [1.807, 2.05) is 99.3 Å². The number of benzene rings is 4.